The maximum absolute atomic E-state index is 11.3. The van der Waals surface area contributed by atoms with Crippen LogP contribution in [0.4, 0.5) is 0 Å². The number of benzene rings is 2. The van der Waals surface area contributed by atoms with Crippen molar-refractivity contribution < 1.29 is 19.4 Å². The molecule has 140 valence electrons. The smallest absolute Gasteiger partial charge is 0.338 e. The maximum atomic E-state index is 11.3. The Labute approximate surface area is 155 Å². The lowest BCUT2D eigenvalue weighted by Crippen LogP contribution is -2.09. The highest BCUT2D eigenvalue weighted by molar-refractivity contribution is 5.89. The van der Waals surface area contributed by atoms with E-state index in [1.165, 1.54) is 0 Å². The van der Waals surface area contributed by atoms with Gasteiger partial charge in [-0.05, 0) is 42.0 Å². The van der Waals surface area contributed by atoms with Crippen molar-refractivity contribution in [2.45, 2.75) is 34.1 Å². The molecule has 0 unspecified atom stereocenters. The van der Waals surface area contributed by atoms with Crippen molar-refractivity contribution in [3.05, 3.63) is 71.3 Å². The van der Waals surface area contributed by atoms with E-state index >= 15 is 0 Å². The molecule has 0 atom stereocenters. The lowest BCUT2D eigenvalue weighted by Gasteiger charge is -2.07. The molecule has 2 aromatic rings. The van der Waals surface area contributed by atoms with Crippen LogP contribution in [0, 0.1) is 11.8 Å². The van der Waals surface area contributed by atoms with Crippen molar-refractivity contribution in [3.63, 3.8) is 0 Å². The number of carbonyl (C=O) groups is 2. The molecule has 4 heteroatoms. The molecular weight excluding hydrogens is 328 g/mol. The van der Waals surface area contributed by atoms with Gasteiger partial charge in [0.2, 0.25) is 0 Å². The third-order valence-electron chi connectivity index (χ3n) is 3.43. The first kappa shape index (κ1) is 21.4. The lowest BCUT2D eigenvalue weighted by atomic mass is 9.98. The molecule has 0 aliphatic carbocycles. The van der Waals surface area contributed by atoms with Gasteiger partial charge in [-0.1, -0.05) is 64.1 Å². The van der Waals surface area contributed by atoms with Gasteiger partial charge < -0.3 is 9.84 Å². The molecule has 0 radical (unpaired) electrons. The molecule has 0 bridgehead atoms. The van der Waals surface area contributed by atoms with Crippen LogP contribution in [0.15, 0.2) is 54.6 Å². The van der Waals surface area contributed by atoms with Crippen molar-refractivity contribution in [2.24, 2.45) is 11.8 Å². The highest BCUT2D eigenvalue weighted by atomic mass is 16.5. The van der Waals surface area contributed by atoms with Gasteiger partial charge in [0.05, 0.1) is 17.7 Å². The summed E-state index contributed by atoms with van der Waals surface area (Å²) < 4.78 is 5.05. The Morgan fingerprint density at radius 1 is 0.885 bits per heavy atom. The number of carboxylic acids is 1. The predicted molar refractivity (Wildman–Crippen MR) is 104 cm³/mol. The fraction of sp³-hybridized carbons (Fsp3) is 0.364. The first-order valence-electron chi connectivity index (χ1n) is 8.84. The van der Waals surface area contributed by atoms with Crippen LogP contribution in [-0.4, -0.2) is 23.7 Å². The first-order chi connectivity index (χ1) is 12.3. The van der Waals surface area contributed by atoms with Crippen LogP contribution >= 0.6 is 0 Å². The molecule has 0 heterocycles. The number of hydrogen-bond acceptors (Lipinski definition) is 3. The monoisotopic (exact) mass is 356 g/mol. The Morgan fingerprint density at radius 2 is 1.46 bits per heavy atom. The molecular formula is C22H28O4. The zero-order valence-corrected chi connectivity index (χ0v) is 15.9. The standard InChI is InChI=1S/2C11H14O2/c1-8(2)7-9-5-3-4-6-10(9)11(12)13;1-9(2)8-13-11(12)10-6-4-3-5-7-10/h3-6,8H,7H2,1-2H3,(H,12,13);3-7,9H,8H2,1-2H3. The maximum Gasteiger partial charge on any atom is 0.338 e. The van der Waals surface area contributed by atoms with Crippen molar-refractivity contribution in [3.8, 4) is 0 Å². The van der Waals surface area contributed by atoms with E-state index in [4.69, 9.17) is 9.84 Å². The van der Waals surface area contributed by atoms with E-state index < -0.39 is 5.97 Å². The SMILES string of the molecule is CC(C)COC(=O)c1ccccc1.CC(C)Cc1ccccc1C(=O)O. The molecule has 0 aliphatic heterocycles. The van der Waals surface area contributed by atoms with Crippen LogP contribution in [0.3, 0.4) is 0 Å². The second-order valence-corrected chi connectivity index (χ2v) is 6.92. The summed E-state index contributed by atoms with van der Waals surface area (Å²) in [5.74, 6) is -0.210. The van der Waals surface area contributed by atoms with Gasteiger partial charge in [0.15, 0.2) is 0 Å². The van der Waals surface area contributed by atoms with Gasteiger partial charge in [0.25, 0.3) is 0 Å². The summed E-state index contributed by atoms with van der Waals surface area (Å²) >= 11 is 0. The number of rotatable bonds is 6. The Bertz CT molecular complexity index is 690. The number of esters is 1. The molecule has 4 nitrogen and oxygen atoms in total. The summed E-state index contributed by atoms with van der Waals surface area (Å²) in [6, 6.07) is 16.2. The quantitative estimate of drug-likeness (QED) is 0.733. The molecule has 0 spiro atoms. The summed E-state index contributed by atoms with van der Waals surface area (Å²) in [6.45, 7) is 8.67. The average molecular weight is 356 g/mol. The highest BCUT2D eigenvalue weighted by Gasteiger charge is 2.09. The Morgan fingerprint density at radius 3 is 2.00 bits per heavy atom. The van der Waals surface area contributed by atoms with E-state index in [0.29, 0.717) is 29.6 Å². The number of ether oxygens (including phenoxy) is 1. The summed E-state index contributed by atoms with van der Waals surface area (Å²) in [7, 11) is 0. The molecule has 0 amide bonds. The number of carbonyl (C=O) groups excluding carboxylic acids is 1. The summed E-state index contributed by atoms with van der Waals surface area (Å²) in [5.41, 5.74) is 1.96. The van der Waals surface area contributed by atoms with Crippen molar-refractivity contribution in [2.75, 3.05) is 6.61 Å². The van der Waals surface area contributed by atoms with Crippen LogP contribution in [0.25, 0.3) is 0 Å². The largest absolute Gasteiger partial charge is 0.478 e. The predicted octanol–water partition coefficient (Wildman–Crippen LogP) is 5.08. The Kier molecular flexibility index (Phi) is 9.13. The molecule has 0 saturated carbocycles. The second kappa shape index (κ2) is 11.1. The molecule has 2 aromatic carbocycles. The lowest BCUT2D eigenvalue weighted by molar-refractivity contribution is 0.0458. The van der Waals surface area contributed by atoms with Gasteiger partial charge in [-0.15, -0.1) is 0 Å². The minimum Gasteiger partial charge on any atom is -0.478 e. The van der Waals surface area contributed by atoms with Crippen LogP contribution < -0.4 is 0 Å². The summed E-state index contributed by atoms with van der Waals surface area (Å²) in [4.78, 5) is 22.1. The van der Waals surface area contributed by atoms with E-state index in [2.05, 4.69) is 13.8 Å². The summed E-state index contributed by atoms with van der Waals surface area (Å²) in [5, 5.41) is 8.88. The normalized spacial score (nSPS) is 10.2. The van der Waals surface area contributed by atoms with Crippen molar-refractivity contribution in [1.82, 2.24) is 0 Å². The molecule has 0 saturated heterocycles. The molecule has 0 aromatic heterocycles. The summed E-state index contributed by atoms with van der Waals surface area (Å²) in [6.07, 6.45) is 0.822. The van der Waals surface area contributed by atoms with Gasteiger partial charge in [-0.3, -0.25) is 0 Å². The van der Waals surface area contributed by atoms with Crippen molar-refractivity contribution >= 4 is 11.9 Å². The van der Waals surface area contributed by atoms with E-state index in [0.717, 1.165) is 12.0 Å². The van der Waals surface area contributed by atoms with Crippen LogP contribution in [0.1, 0.15) is 54.0 Å². The number of aromatic carboxylic acids is 1. The second-order valence-electron chi connectivity index (χ2n) is 6.92. The average Bonchev–Trinajstić information content (AvgIpc) is 2.60. The van der Waals surface area contributed by atoms with Crippen LogP contribution in [0.2, 0.25) is 0 Å². The zero-order valence-electron chi connectivity index (χ0n) is 15.9. The van der Waals surface area contributed by atoms with Gasteiger partial charge >= 0.3 is 11.9 Å². The highest BCUT2D eigenvalue weighted by Crippen LogP contribution is 2.13. The van der Waals surface area contributed by atoms with Gasteiger partial charge in [-0.25, -0.2) is 9.59 Å². The minimum atomic E-state index is -0.837. The van der Waals surface area contributed by atoms with E-state index in [1.807, 2.05) is 44.2 Å². The Hall–Kier alpha value is -2.62. The van der Waals surface area contributed by atoms with Gasteiger partial charge in [-0.2, -0.15) is 0 Å². The van der Waals surface area contributed by atoms with Crippen molar-refractivity contribution in [1.29, 1.82) is 0 Å². The fourth-order valence-electron chi connectivity index (χ4n) is 2.25. The number of hydrogen-bond donors (Lipinski definition) is 1. The van der Waals surface area contributed by atoms with Crippen LogP contribution in [0.5, 0.6) is 0 Å². The topological polar surface area (TPSA) is 63.6 Å². The molecule has 26 heavy (non-hydrogen) atoms. The van der Waals surface area contributed by atoms with E-state index in [1.54, 1.807) is 24.3 Å². The third kappa shape index (κ3) is 7.97. The third-order valence-corrected chi connectivity index (χ3v) is 3.43. The number of carboxylic acid groups (broad SMARTS) is 1. The van der Waals surface area contributed by atoms with Gasteiger partial charge in [0.1, 0.15) is 0 Å². The fourth-order valence-corrected chi connectivity index (χ4v) is 2.25. The van der Waals surface area contributed by atoms with E-state index in [9.17, 15) is 9.59 Å². The molecule has 0 fully saturated rings. The molecule has 0 aliphatic rings. The van der Waals surface area contributed by atoms with Gasteiger partial charge in [0, 0.05) is 0 Å². The first-order valence-corrected chi connectivity index (χ1v) is 8.84. The Balaban J connectivity index is 0.000000260. The van der Waals surface area contributed by atoms with E-state index in [-0.39, 0.29) is 5.97 Å². The minimum absolute atomic E-state index is 0.241. The molecule has 1 N–H and O–H groups in total. The zero-order chi connectivity index (χ0) is 19.5. The van der Waals surface area contributed by atoms with Crippen LogP contribution in [-0.2, 0) is 11.2 Å². The molecule has 2 rings (SSSR count).